The molecule has 0 saturated carbocycles. The van der Waals surface area contributed by atoms with Crippen molar-refractivity contribution in [2.24, 2.45) is 5.92 Å². The molecule has 1 heterocycles. The summed E-state index contributed by atoms with van der Waals surface area (Å²) in [6, 6.07) is 2.13. The summed E-state index contributed by atoms with van der Waals surface area (Å²) in [6.45, 7) is 9.25. The zero-order chi connectivity index (χ0) is 12.1. The van der Waals surface area contributed by atoms with E-state index in [4.69, 9.17) is 4.42 Å². The van der Waals surface area contributed by atoms with E-state index in [-0.39, 0.29) is 0 Å². The molecule has 3 heteroatoms. The van der Waals surface area contributed by atoms with Gasteiger partial charge in [-0.15, -0.1) is 0 Å². The molecule has 0 radical (unpaired) electrons. The highest BCUT2D eigenvalue weighted by Gasteiger charge is 2.08. The molecule has 1 aromatic rings. The molecule has 3 nitrogen and oxygen atoms in total. The Morgan fingerprint density at radius 1 is 1.38 bits per heavy atom. The highest BCUT2D eigenvalue weighted by atomic mass is 16.3. The van der Waals surface area contributed by atoms with Crippen molar-refractivity contribution in [3.8, 4) is 0 Å². The number of nitrogens with one attached hydrogen (secondary N) is 1. The molecule has 0 atom stereocenters. The Labute approximate surface area is 98.8 Å². The molecule has 1 rings (SSSR count). The summed E-state index contributed by atoms with van der Waals surface area (Å²) >= 11 is 0. The summed E-state index contributed by atoms with van der Waals surface area (Å²) in [4.78, 5) is 2.11. The molecule has 1 N–H and O–H groups in total. The van der Waals surface area contributed by atoms with Gasteiger partial charge in [0.25, 0.3) is 0 Å². The van der Waals surface area contributed by atoms with Gasteiger partial charge in [-0.3, -0.25) is 0 Å². The van der Waals surface area contributed by atoms with Crippen LogP contribution in [-0.4, -0.2) is 25.5 Å². The Hall–Kier alpha value is -0.800. The summed E-state index contributed by atoms with van der Waals surface area (Å²) in [5.74, 6) is 2.79. The Morgan fingerprint density at radius 3 is 2.62 bits per heavy atom. The summed E-state index contributed by atoms with van der Waals surface area (Å²) in [5, 5.41) is 3.40. The fourth-order valence-electron chi connectivity index (χ4n) is 1.63. The van der Waals surface area contributed by atoms with Gasteiger partial charge in [0.15, 0.2) is 0 Å². The molecule has 0 amide bonds. The van der Waals surface area contributed by atoms with Gasteiger partial charge in [-0.1, -0.05) is 13.8 Å². The summed E-state index contributed by atoms with van der Waals surface area (Å²) in [7, 11) is 4.10. The lowest BCUT2D eigenvalue weighted by molar-refractivity contribution is 0.337. The van der Waals surface area contributed by atoms with Crippen LogP contribution in [0.1, 0.15) is 30.9 Å². The number of hydrogen-bond acceptors (Lipinski definition) is 3. The first-order valence-corrected chi connectivity index (χ1v) is 5.92. The van der Waals surface area contributed by atoms with Crippen LogP contribution in [0.5, 0.6) is 0 Å². The van der Waals surface area contributed by atoms with Crippen molar-refractivity contribution in [1.29, 1.82) is 0 Å². The van der Waals surface area contributed by atoms with E-state index in [1.807, 2.05) is 0 Å². The van der Waals surface area contributed by atoms with Gasteiger partial charge in [0.05, 0.1) is 13.1 Å². The van der Waals surface area contributed by atoms with E-state index in [0.29, 0.717) is 5.92 Å². The largest absolute Gasteiger partial charge is 0.463 e. The van der Waals surface area contributed by atoms with Crippen LogP contribution in [0.2, 0.25) is 0 Å². The monoisotopic (exact) mass is 224 g/mol. The molecule has 0 aromatic carbocycles. The molecule has 16 heavy (non-hydrogen) atoms. The van der Waals surface area contributed by atoms with Gasteiger partial charge in [0.1, 0.15) is 11.5 Å². The highest BCUT2D eigenvalue weighted by Crippen LogP contribution is 2.15. The first-order chi connectivity index (χ1) is 7.49. The van der Waals surface area contributed by atoms with E-state index in [2.05, 4.69) is 51.1 Å². The number of hydrogen-bond donors (Lipinski definition) is 1. The number of furan rings is 1. The van der Waals surface area contributed by atoms with Gasteiger partial charge in [0.2, 0.25) is 0 Å². The van der Waals surface area contributed by atoms with Crippen molar-refractivity contribution >= 4 is 0 Å². The van der Waals surface area contributed by atoms with Gasteiger partial charge < -0.3 is 14.6 Å². The van der Waals surface area contributed by atoms with Crippen molar-refractivity contribution in [1.82, 2.24) is 10.2 Å². The molecule has 0 aliphatic heterocycles. The van der Waals surface area contributed by atoms with E-state index in [9.17, 15) is 0 Å². The average Bonchev–Trinajstić information content (AvgIpc) is 2.45. The van der Waals surface area contributed by atoms with Crippen LogP contribution in [0.4, 0.5) is 0 Å². The van der Waals surface area contributed by atoms with Crippen LogP contribution in [-0.2, 0) is 13.1 Å². The minimum atomic E-state index is 0.677. The first-order valence-electron chi connectivity index (χ1n) is 5.92. The van der Waals surface area contributed by atoms with Crippen molar-refractivity contribution in [2.75, 3.05) is 20.6 Å². The van der Waals surface area contributed by atoms with Gasteiger partial charge >= 0.3 is 0 Å². The van der Waals surface area contributed by atoms with Gasteiger partial charge in [0, 0.05) is 0 Å². The van der Waals surface area contributed by atoms with Gasteiger partial charge in [-0.25, -0.2) is 0 Å². The lowest BCUT2D eigenvalue weighted by atomic mass is 10.2. The van der Waals surface area contributed by atoms with Crippen LogP contribution in [0.25, 0.3) is 0 Å². The maximum absolute atomic E-state index is 5.80. The molecular formula is C13H24N2O. The second-order valence-corrected chi connectivity index (χ2v) is 5.08. The Morgan fingerprint density at radius 2 is 2.06 bits per heavy atom. The lowest BCUT2D eigenvalue weighted by Gasteiger charge is -2.07. The van der Waals surface area contributed by atoms with E-state index >= 15 is 0 Å². The van der Waals surface area contributed by atoms with Crippen LogP contribution in [0.15, 0.2) is 10.5 Å². The predicted octanol–water partition coefficient (Wildman–Crippen LogP) is 2.40. The molecular weight excluding hydrogens is 200 g/mol. The first kappa shape index (κ1) is 13.3. The zero-order valence-corrected chi connectivity index (χ0v) is 11.1. The standard InChI is InChI=1S/C13H24N2O/c1-10(2)7-14-8-13-11(3)6-12(16-13)9-15(4)5/h6,10,14H,7-9H2,1-5H3. The smallest absolute Gasteiger partial charge is 0.120 e. The average molecular weight is 224 g/mol. The molecule has 0 saturated heterocycles. The van der Waals surface area contributed by atoms with Crippen LogP contribution < -0.4 is 5.32 Å². The number of aryl methyl sites for hydroxylation is 1. The maximum atomic E-state index is 5.80. The molecule has 92 valence electrons. The van der Waals surface area contributed by atoms with E-state index in [1.165, 1.54) is 5.56 Å². The zero-order valence-electron chi connectivity index (χ0n) is 11.1. The minimum absolute atomic E-state index is 0.677. The SMILES string of the molecule is Cc1cc(CN(C)C)oc1CNCC(C)C. The fraction of sp³-hybridized carbons (Fsp3) is 0.692. The number of rotatable bonds is 6. The molecule has 0 aliphatic rings. The minimum Gasteiger partial charge on any atom is -0.463 e. The van der Waals surface area contributed by atoms with Crippen molar-refractivity contribution < 1.29 is 4.42 Å². The molecule has 0 aliphatic carbocycles. The Kier molecular flexibility index (Phi) is 5.03. The quantitative estimate of drug-likeness (QED) is 0.804. The third-order valence-electron chi connectivity index (χ3n) is 2.38. The topological polar surface area (TPSA) is 28.4 Å². The number of nitrogens with zero attached hydrogens (tertiary/aromatic N) is 1. The molecule has 1 aromatic heterocycles. The van der Waals surface area contributed by atoms with Crippen molar-refractivity contribution in [2.45, 2.75) is 33.9 Å². The summed E-state index contributed by atoms with van der Waals surface area (Å²) in [6.07, 6.45) is 0. The summed E-state index contributed by atoms with van der Waals surface area (Å²) in [5.41, 5.74) is 1.24. The molecule has 0 spiro atoms. The normalized spacial score (nSPS) is 11.7. The molecule has 0 bridgehead atoms. The van der Waals surface area contributed by atoms with Crippen molar-refractivity contribution in [3.63, 3.8) is 0 Å². The van der Waals surface area contributed by atoms with Gasteiger partial charge in [-0.05, 0) is 45.1 Å². The van der Waals surface area contributed by atoms with E-state index < -0.39 is 0 Å². The third kappa shape index (κ3) is 4.37. The van der Waals surface area contributed by atoms with Crippen LogP contribution in [0.3, 0.4) is 0 Å². The third-order valence-corrected chi connectivity index (χ3v) is 2.38. The Bertz CT molecular complexity index is 316. The van der Waals surface area contributed by atoms with Crippen LogP contribution in [0, 0.1) is 12.8 Å². The maximum Gasteiger partial charge on any atom is 0.120 e. The van der Waals surface area contributed by atoms with E-state index in [1.54, 1.807) is 0 Å². The van der Waals surface area contributed by atoms with Crippen LogP contribution >= 0.6 is 0 Å². The van der Waals surface area contributed by atoms with E-state index in [0.717, 1.165) is 31.2 Å². The fourth-order valence-corrected chi connectivity index (χ4v) is 1.63. The second kappa shape index (κ2) is 6.06. The Balaban J connectivity index is 2.50. The summed E-state index contributed by atoms with van der Waals surface area (Å²) < 4.78 is 5.80. The van der Waals surface area contributed by atoms with Gasteiger partial charge in [-0.2, -0.15) is 0 Å². The molecule has 0 fully saturated rings. The molecule has 0 unspecified atom stereocenters. The second-order valence-electron chi connectivity index (χ2n) is 5.08. The predicted molar refractivity (Wildman–Crippen MR) is 67.4 cm³/mol. The lowest BCUT2D eigenvalue weighted by Crippen LogP contribution is -2.19. The van der Waals surface area contributed by atoms with Crippen molar-refractivity contribution in [3.05, 3.63) is 23.2 Å². The highest BCUT2D eigenvalue weighted by molar-refractivity contribution is 5.19.